The van der Waals surface area contributed by atoms with Crippen molar-refractivity contribution >= 4 is 17.4 Å². The van der Waals surface area contributed by atoms with Gasteiger partial charge in [0.25, 0.3) is 5.91 Å². The SMILES string of the molecule is CC1Oc2ccccc2OC1C(=O)Nc1ccc(N(C)C)nc1. The monoisotopic (exact) mass is 313 g/mol. The molecule has 0 bridgehead atoms. The highest BCUT2D eigenvalue weighted by molar-refractivity contribution is 5.95. The molecule has 0 radical (unpaired) electrons. The highest BCUT2D eigenvalue weighted by Crippen LogP contribution is 2.33. The Morgan fingerprint density at radius 3 is 2.43 bits per heavy atom. The number of hydrogen-bond donors (Lipinski definition) is 1. The summed E-state index contributed by atoms with van der Waals surface area (Å²) in [5.41, 5.74) is 0.621. The van der Waals surface area contributed by atoms with Gasteiger partial charge in [-0.05, 0) is 31.2 Å². The second-order valence-electron chi connectivity index (χ2n) is 5.60. The Kier molecular flexibility index (Phi) is 4.06. The maximum atomic E-state index is 12.5. The molecule has 2 aromatic rings. The number of anilines is 2. The Morgan fingerprint density at radius 1 is 1.13 bits per heavy atom. The predicted octanol–water partition coefficient (Wildman–Crippen LogP) is 2.31. The molecule has 1 amide bonds. The van der Waals surface area contributed by atoms with Crippen LogP contribution in [0.1, 0.15) is 6.92 Å². The Balaban J connectivity index is 1.71. The van der Waals surface area contributed by atoms with E-state index in [0.717, 1.165) is 5.82 Å². The summed E-state index contributed by atoms with van der Waals surface area (Å²) in [4.78, 5) is 18.6. The van der Waals surface area contributed by atoms with Crippen molar-refractivity contribution < 1.29 is 14.3 Å². The number of fused-ring (bicyclic) bond motifs is 1. The van der Waals surface area contributed by atoms with Crippen molar-refractivity contribution in [3.05, 3.63) is 42.6 Å². The largest absolute Gasteiger partial charge is 0.482 e. The second kappa shape index (κ2) is 6.16. The van der Waals surface area contributed by atoms with Crippen LogP contribution in [0.4, 0.5) is 11.5 Å². The molecule has 2 unspecified atom stereocenters. The van der Waals surface area contributed by atoms with Gasteiger partial charge >= 0.3 is 0 Å². The number of para-hydroxylation sites is 2. The Bertz CT molecular complexity index is 700. The zero-order chi connectivity index (χ0) is 16.4. The molecule has 1 aromatic heterocycles. The zero-order valence-corrected chi connectivity index (χ0v) is 13.3. The third-order valence-corrected chi connectivity index (χ3v) is 3.57. The first-order valence-electron chi connectivity index (χ1n) is 7.41. The average Bonchev–Trinajstić information content (AvgIpc) is 2.54. The van der Waals surface area contributed by atoms with Gasteiger partial charge in [0.05, 0.1) is 11.9 Å². The maximum absolute atomic E-state index is 12.5. The normalized spacial score (nSPS) is 19.1. The molecule has 0 saturated heterocycles. The van der Waals surface area contributed by atoms with Gasteiger partial charge in [-0.3, -0.25) is 4.79 Å². The molecule has 2 atom stereocenters. The molecular weight excluding hydrogens is 294 g/mol. The molecule has 0 spiro atoms. The van der Waals surface area contributed by atoms with Crippen LogP contribution in [-0.2, 0) is 4.79 Å². The minimum Gasteiger partial charge on any atom is -0.482 e. The van der Waals surface area contributed by atoms with E-state index < -0.39 is 6.10 Å². The number of pyridine rings is 1. The van der Waals surface area contributed by atoms with Gasteiger partial charge in [0.1, 0.15) is 11.9 Å². The van der Waals surface area contributed by atoms with Crippen LogP contribution in [0.25, 0.3) is 0 Å². The lowest BCUT2D eigenvalue weighted by Crippen LogP contribution is -2.46. The molecule has 6 nitrogen and oxygen atoms in total. The van der Waals surface area contributed by atoms with Gasteiger partial charge < -0.3 is 19.7 Å². The first-order valence-corrected chi connectivity index (χ1v) is 7.41. The van der Waals surface area contributed by atoms with E-state index in [0.29, 0.717) is 17.2 Å². The lowest BCUT2D eigenvalue weighted by molar-refractivity contribution is -0.128. The van der Waals surface area contributed by atoms with Crippen LogP contribution < -0.4 is 19.7 Å². The smallest absolute Gasteiger partial charge is 0.269 e. The zero-order valence-electron chi connectivity index (χ0n) is 13.3. The summed E-state index contributed by atoms with van der Waals surface area (Å²) in [6, 6.07) is 11.0. The number of ether oxygens (including phenoxy) is 2. The van der Waals surface area contributed by atoms with Gasteiger partial charge in [-0.1, -0.05) is 12.1 Å². The molecular formula is C17H19N3O3. The van der Waals surface area contributed by atoms with E-state index in [4.69, 9.17) is 9.47 Å². The van der Waals surface area contributed by atoms with Gasteiger partial charge in [0, 0.05) is 14.1 Å². The fourth-order valence-electron chi connectivity index (χ4n) is 2.34. The molecule has 23 heavy (non-hydrogen) atoms. The highest BCUT2D eigenvalue weighted by atomic mass is 16.6. The molecule has 1 aliphatic rings. The number of rotatable bonds is 3. The summed E-state index contributed by atoms with van der Waals surface area (Å²) >= 11 is 0. The number of hydrogen-bond acceptors (Lipinski definition) is 5. The van der Waals surface area contributed by atoms with Crippen molar-refractivity contribution in [1.29, 1.82) is 0 Å². The molecule has 1 N–H and O–H groups in total. The lowest BCUT2D eigenvalue weighted by atomic mass is 10.1. The van der Waals surface area contributed by atoms with E-state index in [-0.39, 0.29) is 12.0 Å². The fraction of sp³-hybridized carbons (Fsp3) is 0.294. The number of amides is 1. The van der Waals surface area contributed by atoms with Crippen LogP contribution in [0.5, 0.6) is 11.5 Å². The van der Waals surface area contributed by atoms with Crippen LogP contribution in [-0.4, -0.2) is 37.2 Å². The molecule has 0 fully saturated rings. The number of nitrogens with one attached hydrogen (secondary N) is 1. The van der Waals surface area contributed by atoms with Gasteiger partial charge in [0.2, 0.25) is 6.10 Å². The van der Waals surface area contributed by atoms with Gasteiger partial charge in [-0.2, -0.15) is 0 Å². The summed E-state index contributed by atoms with van der Waals surface area (Å²) in [6.45, 7) is 1.81. The second-order valence-corrected chi connectivity index (χ2v) is 5.60. The first-order chi connectivity index (χ1) is 11.0. The highest BCUT2D eigenvalue weighted by Gasteiger charge is 2.34. The number of carbonyl (C=O) groups excluding carboxylic acids is 1. The average molecular weight is 313 g/mol. The summed E-state index contributed by atoms with van der Waals surface area (Å²) in [5.74, 6) is 1.79. The third-order valence-electron chi connectivity index (χ3n) is 3.57. The van der Waals surface area contributed by atoms with Crippen LogP contribution in [0, 0.1) is 0 Å². The Labute approximate surface area is 135 Å². The molecule has 0 saturated carbocycles. The van der Waals surface area contributed by atoms with Gasteiger partial charge in [-0.25, -0.2) is 4.98 Å². The number of carbonyl (C=O) groups is 1. The van der Waals surface area contributed by atoms with Crippen LogP contribution in [0.15, 0.2) is 42.6 Å². The number of benzene rings is 1. The van der Waals surface area contributed by atoms with Crippen molar-refractivity contribution in [2.75, 3.05) is 24.3 Å². The van der Waals surface area contributed by atoms with Crippen LogP contribution in [0.3, 0.4) is 0 Å². The van der Waals surface area contributed by atoms with Crippen LogP contribution in [0.2, 0.25) is 0 Å². The van der Waals surface area contributed by atoms with Crippen molar-refractivity contribution in [3.8, 4) is 11.5 Å². The molecule has 6 heteroatoms. The van der Waals surface area contributed by atoms with Gasteiger partial charge in [0.15, 0.2) is 11.5 Å². The fourth-order valence-corrected chi connectivity index (χ4v) is 2.34. The standard InChI is InChI=1S/C17H19N3O3/c1-11-16(23-14-7-5-4-6-13(14)22-11)17(21)19-12-8-9-15(18-10-12)20(2)3/h4-11,16H,1-3H3,(H,19,21). The molecule has 120 valence electrons. The Hall–Kier alpha value is -2.76. The number of aromatic nitrogens is 1. The van der Waals surface area contributed by atoms with E-state index in [2.05, 4.69) is 10.3 Å². The van der Waals surface area contributed by atoms with Crippen LogP contribution >= 0.6 is 0 Å². The van der Waals surface area contributed by atoms with E-state index in [1.54, 1.807) is 12.3 Å². The minimum atomic E-state index is -0.710. The third kappa shape index (κ3) is 3.21. The molecule has 2 heterocycles. The van der Waals surface area contributed by atoms with Crippen molar-refractivity contribution in [2.24, 2.45) is 0 Å². The predicted molar refractivity (Wildman–Crippen MR) is 88.1 cm³/mol. The quantitative estimate of drug-likeness (QED) is 0.942. The van der Waals surface area contributed by atoms with Crippen molar-refractivity contribution in [3.63, 3.8) is 0 Å². The maximum Gasteiger partial charge on any atom is 0.269 e. The van der Waals surface area contributed by atoms with E-state index >= 15 is 0 Å². The van der Waals surface area contributed by atoms with E-state index in [1.807, 2.05) is 56.3 Å². The van der Waals surface area contributed by atoms with E-state index in [1.165, 1.54) is 0 Å². The van der Waals surface area contributed by atoms with Crippen molar-refractivity contribution in [1.82, 2.24) is 4.98 Å². The van der Waals surface area contributed by atoms with E-state index in [9.17, 15) is 4.79 Å². The first kappa shape index (κ1) is 15.1. The summed E-state index contributed by atoms with van der Waals surface area (Å²) in [7, 11) is 3.82. The lowest BCUT2D eigenvalue weighted by Gasteiger charge is -2.31. The molecule has 0 aliphatic carbocycles. The van der Waals surface area contributed by atoms with Crippen molar-refractivity contribution in [2.45, 2.75) is 19.1 Å². The molecule has 1 aromatic carbocycles. The summed E-state index contributed by atoms with van der Waals surface area (Å²) in [6.07, 6.45) is 0.535. The summed E-state index contributed by atoms with van der Waals surface area (Å²) in [5, 5.41) is 2.81. The number of nitrogens with zero attached hydrogens (tertiary/aromatic N) is 2. The Morgan fingerprint density at radius 2 is 1.83 bits per heavy atom. The minimum absolute atomic E-state index is 0.258. The molecule has 3 rings (SSSR count). The van der Waals surface area contributed by atoms with Gasteiger partial charge in [-0.15, -0.1) is 0 Å². The summed E-state index contributed by atoms with van der Waals surface area (Å²) < 4.78 is 11.5. The molecule has 1 aliphatic heterocycles. The topological polar surface area (TPSA) is 63.7 Å².